The van der Waals surface area contributed by atoms with E-state index in [1.807, 2.05) is 6.07 Å². The molecule has 6 heteroatoms. The Morgan fingerprint density at radius 2 is 2.39 bits per heavy atom. The van der Waals surface area contributed by atoms with E-state index in [9.17, 15) is 0 Å². The van der Waals surface area contributed by atoms with Gasteiger partial charge in [0.05, 0.1) is 19.4 Å². The van der Waals surface area contributed by atoms with Crippen molar-refractivity contribution in [1.82, 2.24) is 9.97 Å². The molecule has 18 heavy (non-hydrogen) atoms. The number of furan rings is 1. The fourth-order valence-corrected chi connectivity index (χ4v) is 1.59. The molecule has 0 aliphatic heterocycles. The Bertz CT molecular complexity index is 473. The molecule has 2 heterocycles. The maximum Gasteiger partial charge on any atom is 0.226 e. The average Bonchev–Trinajstić information content (AvgIpc) is 2.92. The largest absolute Gasteiger partial charge is 0.481 e. The lowest BCUT2D eigenvalue weighted by atomic mass is 10.1. The van der Waals surface area contributed by atoms with Gasteiger partial charge in [-0.25, -0.2) is 4.98 Å². The number of hydrogen-bond donors (Lipinski definition) is 2. The van der Waals surface area contributed by atoms with Crippen LogP contribution < -0.4 is 10.1 Å². The Morgan fingerprint density at radius 1 is 1.50 bits per heavy atom. The molecule has 0 fully saturated rings. The van der Waals surface area contributed by atoms with Gasteiger partial charge in [0.15, 0.2) is 0 Å². The topological polar surface area (TPSA) is 80.4 Å². The minimum Gasteiger partial charge on any atom is -0.481 e. The van der Waals surface area contributed by atoms with Crippen LogP contribution in [-0.2, 0) is 0 Å². The molecule has 0 aliphatic carbocycles. The summed E-state index contributed by atoms with van der Waals surface area (Å²) in [4.78, 5) is 8.25. The molecule has 2 N–H and O–H groups in total. The minimum atomic E-state index is -0.169. The van der Waals surface area contributed by atoms with E-state index in [1.54, 1.807) is 31.7 Å². The number of hydrogen-bond acceptors (Lipinski definition) is 6. The van der Waals surface area contributed by atoms with Crippen molar-refractivity contribution < 1.29 is 14.3 Å². The van der Waals surface area contributed by atoms with Crippen molar-refractivity contribution in [2.24, 2.45) is 0 Å². The van der Waals surface area contributed by atoms with Crippen LogP contribution in [0.3, 0.4) is 0 Å². The van der Waals surface area contributed by atoms with Gasteiger partial charge in [0.2, 0.25) is 11.8 Å². The van der Waals surface area contributed by atoms with Gasteiger partial charge in [-0.1, -0.05) is 0 Å². The highest BCUT2D eigenvalue weighted by molar-refractivity contribution is 5.30. The van der Waals surface area contributed by atoms with Crippen molar-refractivity contribution in [3.63, 3.8) is 0 Å². The molecular weight excluding hydrogens is 234 g/mol. The van der Waals surface area contributed by atoms with Gasteiger partial charge in [-0.15, -0.1) is 0 Å². The summed E-state index contributed by atoms with van der Waals surface area (Å²) in [5.41, 5.74) is 0. The third-order valence-electron chi connectivity index (χ3n) is 2.45. The van der Waals surface area contributed by atoms with Gasteiger partial charge in [-0.2, -0.15) is 4.98 Å². The standard InChI is InChI=1S/C12H15N3O3/c1-17-11-4-6-13-12(15-11)14-9(5-7-16)10-3-2-8-18-10/h2-4,6,8-9,16H,5,7H2,1H3,(H,13,14,15). The summed E-state index contributed by atoms with van der Waals surface area (Å²) >= 11 is 0. The Labute approximate surface area is 105 Å². The molecule has 2 rings (SSSR count). The Kier molecular flexibility index (Phi) is 4.14. The second kappa shape index (κ2) is 6.02. The lowest BCUT2D eigenvalue weighted by molar-refractivity contribution is 0.273. The monoisotopic (exact) mass is 249 g/mol. The van der Waals surface area contributed by atoms with Crippen LogP contribution in [0.2, 0.25) is 0 Å². The van der Waals surface area contributed by atoms with Gasteiger partial charge in [-0.3, -0.25) is 0 Å². The van der Waals surface area contributed by atoms with Gasteiger partial charge >= 0.3 is 0 Å². The Balaban J connectivity index is 2.13. The number of ether oxygens (including phenoxy) is 1. The number of rotatable bonds is 6. The first-order chi connectivity index (χ1) is 8.83. The maximum atomic E-state index is 9.07. The molecule has 2 aromatic rings. The van der Waals surface area contributed by atoms with Gasteiger partial charge < -0.3 is 19.6 Å². The van der Waals surface area contributed by atoms with E-state index < -0.39 is 0 Å². The molecule has 0 amide bonds. The second-order valence-corrected chi connectivity index (χ2v) is 3.65. The summed E-state index contributed by atoms with van der Waals surface area (Å²) in [5, 5.41) is 12.2. The molecule has 6 nitrogen and oxygen atoms in total. The number of anilines is 1. The number of aliphatic hydroxyl groups excluding tert-OH is 1. The van der Waals surface area contributed by atoms with Crippen LogP contribution in [0.5, 0.6) is 5.88 Å². The first-order valence-electron chi connectivity index (χ1n) is 5.61. The summed E-state index contributed by atoms with van der Waals surface area (Å²) in [5.74, 6) is 1.65. The molecule has 2 aromatic heterocycles. The van der Waals surface area contributed by atoms with Crippen LogP contribution in [0.25, 0.3) is 0 Å². The Morgan fingerprint density at radius 3 is 3.06 bits per heavy atom. The van der Waals surface area contributed by atoms with Crippen LogP contribution in [0.1, 0.15) is 18.2 Å². The summed E-state index contributed by atoms with van der Waals surface area (Å²) in [7, 11) is 1.55. The molecule has 1 atom stereocenters. The number of aliphatic hydroxyl groups is 1. The van der Waals surface area contributed by atoms with Crippen LogP contribution in [0.4, 0.5) is 5.95 Å². The summed E-state index contributed by atoms with van der Waals surface area (Å²) in [6, 6.07) is 5.14. The molecule has 0 radical (unpaired) electrons. The fraction of sp³-hybridized carbons (Fsp3) is 0.333. The summed E-state index contributed by atoms with van der Waals surface area (Å²) in [6.07, 6.45) is 3.70. The zero-order valence-corrected chi connectivity index (χ0v) is 10.0. The molecule has 0 aliphatic rings. The van der Waals surface area contributed by atoms with Crippen LogP contribution in [-0.4, -0.2) is 28.8 Å². The highest BCUT2D eigenvalue weighted by Crippen LogP contribution is 2.21. The van der Waals surface area contributed by atoms with Gasteiger partial charge in [0.1, 0.15) is 5.76 Å². The van der Waals surface area contributed by atoms with Gasteiger partial charge in [-0.05, 0) is 18.6 Å². The van der Waals surface area contributed by atoms with Crippen molar-refractivity contribution in [2.45, 2.75) is 12.5 Å². The third-order valence-corrected chi connectivity index (χ3v) is 2.45. The molecule has 0 saturated heterocycles. The van der Waals surface area contributed by atoms with Crippen molar-refractivity contribution in [3.05, 3.63) is 36.4 Å². The van der Waals surface area contributed by atoms with E-state index in [0.29, 0.717) is 18.2 Å². The normalized spacial score (nSPS) is 12.1. The molecule has 0 saturated carbocycles. The second-order valence-electron chi connectivity index (χ2n) is 3.65. The number of methoxy groups -OCH3 is 1. The highest BCUT2D eigenvalue weighted by atomic mass is 16.5. The van der Waals surface area contributed by atoms with Crippen molar-refractivity contribution in [2.75, 3.05) is 19.0 Å². The zero-order valence-electron chi connectivity index (χ0n) is 10.0. The lowest BCUT2D eigenvalue weighted by Gasteiger charge is -2.15. The zero-order chi connectivity index (χ0) is 12.8. The smallest absolute Gasteiger partial charge is 0.226 e. The van der Waals surface area contributed by atoms with Crippen molar-refractivity contribution >= 4 is 5.95 Å². The van der Waals surface area contributed by atoms with E-state index in [-0.39, 0.29) is 12.6 Å². The van der Waals surface area contributed by atoms with Crippen LogP contribution in [0.15, 0.2) is 35.1 Å². The average molecular weight is 249 g/mol. The molecule has 1 unspecified atom stereocenters. The predicted octanol–water partition coefficient (Wildman–Crippen LogP) is 1.61. The summed E-state index contributed by atoms with van der Waals surface area (Å²) in [6.45, 7) is 0.0440. The predicted molar refractivity (Wildman–Crippen MR) is 65.4 cm³/mol. The summed E-state index contributed by atoms with van der Waals surface area (Å²) < 4.78 is 10.3. The van der Waals surface area contributed by atoms with Crippen LogP contribution >= 0.6 is 0 Å². The molecule has 0 bridgehead atoms. The van der Waals surface area contributed by atoms with Crippen LogP contribution in [0, 0.1) is 0 Å². The van der Waals surface area contributed by atoms with E-state index in [1.165, 1.54) is 0 Å². The minimum absolute atomic E-state index is 0.0440. The number of nitrogens with one attached hydrogen (secondary N) is 1. The first kappa shape index (κ1) is 12.4. The van der Waals surface area contributed by atoms with Gasteiger partial charge in [0.25, 0.3) is 0 Å². The lowest BCUT2D eigenvalue weighted by Crippen LogP contribution is -2.13. The van der Waals surface area contributed by atoms with Crippen molar-refractivity contribution in [3.8, 4) is 5.88 Å². The maximum absolute atomic E-state index is 9.07. The van der Waals surface area contributed by atoms with Gasteiger partial charge in [0, 0.05) is 18.9 Å². The third kappa shape index (κ3) is 2.98. The molecule has 0 aromatic carbocycles. The SMILES string of the molecule is COc1ccnc(NC(CCO)c2ccco2)n1. The van der Waals surface area contributed by atoms with E-state index in [0.717, 1.165) is 5.76 Å². The highest BCUT2D eigenvalue weighted by Gasteiger charge is 2.15. The van der Waals surface area contributed by atoms with E-state index in [4.69, 9.17) is 14.3 Å². The quantitative estimate of drug-likeness (QED) is 0.809. The van der Waals surface area contributed by atoms with E-state index in [2.05, 4.69) is 15.3 Å². The molecular formula is C12H15N3O3. The molecule has 0 spiro atoms. The first-order valence-corrected chi connectivity index (χ1v) is 5.61. The number of aromatic nitrogens is 2. The fourth-order valence-electron chi connectivity index (χ4n) is 1.59. The Hall–Kier alpha value is -2.08. The van der Waals surface area contributed by atoms with Crippen molar-refractivity contribution in [1.29, 1.82) is 0 Å². The number of nitrogens with zero attached hydrogens (tertiary/aromatic N) is 2. The van der Waals surface area contributed by atoms with E-state index >= 15 is 0 Å². The molecule has 96 valence electrons.